The SMILES string of the molecule is CCOc1ccc(C[S+](C)C)cc1.[F][Sb-]([F])([F])([F])([F])[F]. The molecule has 0 aromatic heterocycles. The number of benzene rings is 1. The molecule has 1 aromatic carbocycles. The van der Waals surface area contributed by atoms with Crippen LogP contribution in [-0.4, -0.2) is 38.6 Å². The van der Waals surface area contributed by atoms with Crippen LogP contribution in [0.25, 0.3) is 0 Å². The first-order valence-electron chi connectivity index (χ1n) is 5.49. The van der Waals surface area contributed by atoms with Gasteiger partial charge in [-0.25, -0.2) is 0 Å². The maximum atomic E-state index is 9.93. The first-order valence-corrected chi connectivity index (χ1v) is 13.5. The molecule has 0 aliphatic carbocycles. The third kappa shape index (κ3) is 17.8. The van der Waals surface area contributed by atoms with E-state index in [-0.39, 0.29) is 0 Å². The molecule has 0 saturated heterocycles. The van der Waals surface area contributed by atoms with E-state index in [1.807, 2.05) is 19.1 Å². The van der Waals surface area contributed by atoms with Crippen molar-refractivity contribution in [2.45, 2.75) is 12.7 Å². The Labute approximate surface area is 119 Å². The molecular weight excluding hydrogens is 416 g/mol. The van der Waals surface area contributed by atoms with E-state index in [1.54, 1.807) is 0 Å². The van der Waals surface area contributed by atoms with E-state index in [0.29, 0.717) is 10.9 Å². The Morgan fingerprint density at radius 2 is 1.35 bits per heavy atom. The van der Waals surface area contributed by atoms with Crippen molar-refractivity contribution in [1.29, 1.82) is 0 Å². The van der Waals surface area contributed by atoms with Gasteiger partial charge in [0.15, 0.2) is 0 Å². The zero-order valence-electron chi connectivity index (χ0n) is 11.3. The standard InChI is InChI=1S/C11H17OS.6FH.Sb/c1-4-12-11-7-5-10(6-8-11)9-13(2)3;;;;;;;/h5-8H,4,9H2,1-3H3;6*1H;/q+1;;;;;;;+5/p-6. The summed E-state index contributed by atoms with van der Waals surface area (Å²) in [4.78, 5) is 0. The Balaban J connectivity index is 0.000000441. The summed E-state index contributed by atoms with van der Waals surface area (Å²) in [5.41, 5.74) is 1.40. The van der Waals surface area contributed by atoms with Crippen molar-refractivity contribution in [1.82, 2.24) is 0 Å². The average molecular weight is 433 g/mol. The van der Waals surface area contributed by atoms with Gasteiger partial charge in [-0.05, 0) is 30.0 Å². The zero-order chi connectivity index (χ0) is 16.1. The second-order valence-corrected chi connectivity index (χ2v) is 11.9. The van der Waals surface area contributed by atoms with Crippen molar-refractivity contribution < 1.29 is 21.6 Å². The molecular formula is C11H17F6OSSb. The minimum absolute atomic E-state index is 0.482. The van der Waals surface area contributed by atoms with Crippen molar-refractivity contribution in [2.24, 2.45) is 0 Å². The topological polar surface area (TPSA) is 9.23 Å². The van der Waals surface area contributed by atoms with Gasteiger partial charge in [0.05, 0.1) is 19.1 Å². The van der Waals surface area contributed by atoms with Crippen LogP contribution < -0.4 is 4.74 Å². The van der Waals surface area contributed by atoms with Crippen LogP contribution in [0, 0.1) is 0 Å². The van der Waals surface area contributed by atoms with Crippen LogP contribution >= 0.6 is 0 Å². The molecule has 0 radical (unpaired) electrons. The molecule has 20 heavy (non-hydrogen) atoms. The van der Waals surface area contributed by atoms with Crippen molar-refractivity contribution in [3.63, 3.8) is 0 Å². The number of hydrogen-bond donors (Lipinski definition) is 0. The molecule has 0 spiro atoms. The quantitative estimate of drug-likeness (QED) is 0.383. The molecule has 1 aromatic rings. The fraction of sp³-hybridized carbons (Fsp3) is 0.455. The second kappa shape index (κ2) is 6.26. The summed E-state index contributed by atoms with van der Waals surface area (Å²) in [6.45, 7) is 2.74. The van der Waals surface area contributed by atoms with Crippen LogP contribution in [-0.2, 0) is 16.6 Å². The van der Waals surface area contributed by atoms with E-state index in [1.165, 1.54) is 11.3 Å². The van der Waals surface area contributed by atoms with Crippen molar-refractivity contribution in [2.75, 3.05) is 19.1 Å². The van der Waals surface area contributed by atoms with Crippen LogP contribution in [0.1, 0.15) is 12.5 Å². The van der Waals surface area contributed by atoms with Crippen molar-refractivity contribution >= 4 is 30.4 Å². The van der Waals surface area contributed by atoms with Crippen LogP contribution in [0.4, 0.5) is 16.9 Å². The monoisotopic (exact) mass is 432 g/mol. The third-order valence-electron chi connectivity index (χ3n) is 1.69. The summed E-state index contributed by atoms with van der Waals surface area (Å²) in [7, 11) is 0.482. The van der Waals surface area contributed by atoms with Gasteiger partial charge in [-0.2, -0.15) is 0 Å². The predicted octanol–water partition coefficient (Wildman–Crippen LogP) is 4.60. The number of halogens is 6. The molecule has 0 unspecified atom stereocenters. The van der Waals surface area contributed by atoms with Gasteiger partial charge in [0.1, 0.15) is 11.5 Å². The summed E-state index contributed by atoms with van der Waals surface area (Å²) in [5, 5.41) is 0. The molecule has 0 amide bonds. The molecule has 0 N–H and O–H groups in total. The van der Waals surface area contributed by atoms with E-state index in [0.717, 1.165) is 12.4 Å². The van der Waals surface area contributed by atoms with Gasteiger partial charge >= 0.3 is 36.4 Å². The predicted molar refractivity (Wildman–Crippen MR) is 72.9 cm³/mol. The van der Waals surface area contributed by atoms with Gasteiger partial charge in [0, 0.05) is 5.56 Å². The van der Waals surface area contributed by atoms with E-state index < -0.39 is 19.5 Å². The third-order valence-corrected chi connectivity index (χ3v) is 2.60. The summed E-state index contributed by atoms with van der Waals surface area (Å²) >= 11 is -11.2. The Bertz CT molecular complexity index is 402. The van der Waals surface area contributed by atoms with Gasteiger partial charge in [-0.1, -0.05) is 12.1 Å². The molecule has 0 heterocycles. The normalized spacial score (nSPS) is 14.9. The summed E-state index contributed by atoms with van der Waals surface area (Å²) < 4.78 is 64.9. The van der Waals surface area contributed by atoms with Crippen LogP contribution in [0.15, 0.2) is 24.3 Å². The first-order chi connectivity index (χ1) is 8.67. The van der Waals surface area contributed by atoms with Gasteiger partial charge in [0.2, 0.25) is 0 Å². The molecule has 0 aliphatic rings. The summed E-state index contributed by atoms with van der Waals surface area (Å²) in [6, 6.07) is 8.40. The molecule has 120 valence electrons. The Morgan fingerprint density at radius 3 is 1.65 bits per heavy atom. The fourth-order valence-electron chi connectivity index (χ4n) is 1.18. The second-order valence-electron chi connectivity index (χ2n) is 4.17. The Morgan fingerprint density at radius 1 is 0.950 bits per heavy atom. The summed E-state index contributed by atoms with van der Waals surface area (Å²) in [6.07, 6.45) is 4.52. The molecule has 0 bridgehead atoms. The van der Waals surface area contributed by atoms with E-state index >= 15 is 0 Å². The molecule has 0 saturated carbocycles. The van der Waals surface area contributed by atoms with Gasteiger partial charge in [0.25, 0.3) is 0 Å². The van der Waals surface area contributed by atoms with Gasteiger partial charge in [-0.3, -0.25) is 0 Å². The Kier molecular flexibility index (Phi) is 6.19. The zero-order valence-corrected chi connectivity index (χ0v) is 14.6. The fourth-order valence-corrected chi connectivity index (χ4v) is 2.04. The first kappa shape index (κ1) is 19.8. The van der Waals surface area contributed by atoms with Gasteiger partial charge in [-0.15, -0.1) is 0 Å². The summed E-state index contributed by atoms with van der Waals surface area (Å²) in [5.74, 6) is 2.14. The number of hydrogen-bond acceptors (Lipinski definition) is 1. The van der Waals surface area contributed by atoms with Crippen LogP contribution in [0.2, 0.25) is 0 Å². The molecule has 1 rings (SSSR count). The van der Waals surface area contributed by atoms with Crippen molar-refractivity contribution in [3.05, 3.63) is 29.8 Å². The number of rotatable bonds is 4. The molecule has 1 nitrogen and oxygen atoms in total. The van der Waals surface area contributed by atoms with E-state index in [4.69, 9.17) is 4.74 Å². The maximum absolute atomic E-state index is 11.2. The van der Waals surface area contributed by atoms with Crippen LogP contribution in [0.5, 0.6) is 5.75 Å². The van der Waals surface area contributed by atoms with Gasteiger partial charge < -0.3 is 4.74 Å². The van der Waals surface area contributed by atoms with Crippen LogP contribution in [0.3, 0.4) is 0 Å². The molecule has 0 atom stereocenters. The van der Waals surface area contributed by atoms with E-state index in [9.17, 15) is 16.9 Å². The Hall–Kier alpha value is -0.232. The molecule has 9 heteroatoms. The average Bonchev–Trinajstić information content (AvgIpc) is 2.16. The molecule has 0 aliphatic heterocycles. The van der Waals surface area contributed by atoms with Crippen molar-refractivity contribution in [3.8, 4) is 5.75 Å². The number of ether oxygens (including phenoxy) is 1. The molecule has 0 fully saturated rings. The van der Waals surface area contributed by atoms with E-state index in [2.05, 4.69) is 24.6 Å². The minimum atomic E-state index is -11.2.